The van der Waals surface area contributed by atoms with Crippen molar-refractivity contribution in [2.24, 2.45) is 0 Å². The lowest BCUT2D eigenvalue weighted by atomic mass is 10.0. The quantitative estimate of drug-likeness (QED) is 0.882. The Morgan fingerprint density at radius 2 is 1.90 bits per heavy atom. The first-order valence-electron chi connectivity index (χ1n) is 5.81. The summed E-state index contributed by atoms with van der Waals surface area (Å²) in [6, 6.07) is 5.83. The second-order valence-corrected chi connectivity index (χ2v) is 4.30. The van der Waals surface area contributed by atoms with Gasteiger partial charge in [-0.25, -0.2) is 4.39 Å². The maximum absolute atomic E-state index is 13.1. The Hall–Kier alpha value is -2.44. The van der Waals surface area contributed by atoms with E-state index in [2.05, 4.69) is 4.98 Å². The van der Waals surface area contributed by atoms with E-state index in [1.807, 2.05) is 0 Å². The summed E-state index contributed by atoms with van der Waals surface area (Å²) in [4.78, 5) is 14.2. The van der Waals surface area contributed by atoms with Crippen molar-refractivity contribution in [3.8, 4) is 11.1 Å². The molecule has 0 saturated heterocycles. The van der Waals surface area contributed by atoms with Crippen LogP contribution in [-0.4, -0.2) is 16.1 Å². The van der Waals surface area contributed by atoms with Gasteiger partial charge in [0.05, 0.1) is 17.7 Å². The number of rotatable bonds is 3. The summed E-state index contributed by atoms with van der Waals surface area (Å²) in [7, 11) is 0. The fourth-order valence-electron chi connectivity index (χ4n) is 1.85. The van der Waals surface area contributed by atoms with Gasteiger partial charge in [-0.1, -0.05) is 12.1 Å². The van der Waals surface area contributed by atoms with Gasteiger partial charge < -0.3 is 5.11 Å². The van der Waals surface area contributed by atoms with Crippen LogP contribution < -0.4 is 0 Å². The molecule has 1 aromatic heterocycles. The van der Waals surface area contributed by atoms with Gasteiger partial charge in [0.1, 0.15) is 5.82 Å². The Kier molecular flexibility index (Phi) is 3.93. The van der Waals surface area contributed by atoms with Gasteiger partial charge >= 0.3 is 12.1 Å². The van der Waals surface area contributed by atoms with Crippen LogP contribution in [0.5, 0.6) is 0 Å². The molecule has 2 rings (SSSR count). The summed E-state index contributed by atoms with van der Waals surface area (Å²) >= 11 is 0. The van der Waals surface area contributed by atoms with Crippen LogP contribution in [0, 0.1) is 5.82 Å². The van der Waals surface area contributed by atoms with Crippen LogP contribution >= 0.6 is 0 Å². The van der Waals surface area contributed by atoms with Crippen molar-refractivity contribution in [2.45, 2.75) is 12.6 Å². The number of aliphatic carboxylic acids is 1. The van der Waals surface area contributed by atoms with E-state index >= 15 is 0 Å². The van der Waals surface area contributed by atoms with Crippen LogP contribution in [0.15, 0.2) is 36.5 Å². The number of carbonyl (C=O) groups is 1. The Morgan fingerprint density at radius 3 is 2.48 bits per heavy atom. The monoisotopic (exact) mass is 299 g/mol. The number of aromatic nitrogens is 1. The molecular formula is C14H9F4NO2. The van der Waals surface area contributed by atoms with Gasteiger partial charge in [-0.15, -0.1) is 0 Å². The summed E-state index contributed by atoms with van der Waals surface area (Å²) in [5.41, 5.74) is -1.41. The number of pyridine rings is 1. The third-order valence-electron chi connectivity index (χ3n) is 2.75. The van der Waals surface area contributed by atoms with Crippen LogP contribution in [0.4, 0.5) is 17.6 Å². The molecule has 0 atom stereocenters. The van der Waals surface area contributed by atoms with Crippen molar-refractivity contribution >= 4 is 5.97 Å². The topological polar surface area (TPSA) is 50.2 Å². The molecule has 0 saturated carbocycles. The Morgan fingerprint density at radius 1 is 1.19 bits per heavy atom. The zero-order valence-corrected chi connectivity index (χ0v) is 10.5. The number of halogens is 4. The van der Waals surface area contributed by atoms with E-state index in [-0.39, 0.29) is 11.1 Å². The summed E-state index contributed by atoms with van der Waals surface area (Å²) in [5.74, 6) is -2.00. The number of carboxylic acid groups (broad SMARTS) is 1. The molecule has 1 heterocycles. The van der Waals surface area contributed by atoms with Crippen molar-refractivity contribution in [1.82, 2.24) is 4.98 Å². The largest absolute Gasteiger partial charge is 0.481 e. The van der Waals surface area contributed by atoms with Crippen LogP contribution in [0.3, 0.4) is 0 Å². The van der Waals surface area contributed by atoms with Gasteiger partial charge in [0.15, 0.2) is 0 Å². The predicted molar refractivity (Wildman–Crippen MR) is 66.0 cm³/mol. The summed E-state index contributed by atoms with van der Waals surface area (Å²) < 4.78 is 52.0. The number of alkyl halides is 3. The lowest BCUT2D eigenvalue weighted by Gasteiger charge is -2.12. The first-order valence-corrected chi connectivity index (χ1v) is 5.81. The maximum Gasteiger partial charge on any atom is 0.418 e. The molecule has 21 heavy (non-hydrogen) atoms. The van der Waals surface area contributed by atoms with E-state index in [1.54, 1.807) is 0 Å². The number of carboxylic acids is 1. The van der Waals surface area contributed by atoms with Crippen molar-refractivity contribution in [1.29, 1.82) is 0 Å². The standard InChI is InChI=1S/C14H9F4NO2/c15-10-3-1-2-8(4-10)9-5-11(14(16,17)18)12(19-7-9)6-13(20)21/h1-5,7H,6H2,(H,20,21). The highest BCUT2D eigenvalue weighted by molar-refractivity contribution is 5.71. The molecule has 3 nitrogen and oxygen atoms in total. The van der Waals surface area contributed by atoms with Gasteiger partial charge in [0.25, 0.3) is 0 Å². The molecule has 7 heteroatoms. The fraction of sp³-hybridized carbons (Fsp3) is 0.143. The molecule has 1 aromatic carbocycles. The van der Waals surface area contributed by atoms with Crippen LogP contribution in [0.1, 0.15) is 11.3 Å². The lowest BCUT2D eigenvalue weighted by molar-refractivity contribution is -0.140. The minimum atomic E-state index is -4.74. The van der Waals surface area contributed by atoms with Crippen LogP contribution in [0.2, 0.25) is 0 Å². The SMILES string of the molecule is O=C(O)Cc1ncc(-c2cccc(F)c2)cc1C(F)(F)F. The highest BCUT2D eigenvalue weighted by Crippen LogP contribution is 2.34. The highest BCUT2D eigenvalue weighted by atomic mass is 19.4. The molecule has 0 aliphatic carbocycles. The average molecular weight is 299 g/mol. The summed E-state index contributed by atoms with van der Waals surface area (Å²) in [6.07, 6.45) is -4.47. The minimum absolute atomic E-state index is 0.0657. The summed E-state index contributed by atoms with van der Waals surface area (Å²) in [5, 5.41) is 8.62. The molecule has 2 aromatic rings. The van der Waals surface area contributed by atoms with E-state index in [0.717, 1.165) is 18.3 Å². The van der Waals surface area contributed by atoms with E-state index in [1.165, 1.54) is 18.2 Å². The molecule has 0 unspecified atom stereocenters. The predicted octanol–water partition coefficient (Wildman–Crippen LogP) is 3.53. The summed E-state index contributed by atoms with van der Waals surface area (Å²) in [6.45, 7) is 0. The van der Waals surface area contributed by atoms with Crippen molar-refractivity contribution < 1.29 is 27.5 Å². The molecule has 0 bridgehead atoms. The third kappa shape index (κ3) is 3.56. The van der Waals surface area contributed by atoms with Gasteiger partial charge in [0, 0.05) is 11.8 Å². The smallest absolute Gasteiger partial charge is 0.418 e. The molecular weight excluding hydrogens is 290 g/mol. The molecule has 0 radical (unpaired) electrons. The Bertz CT molecular complexity index is 683. The van der Waals surface area contributed by atoms with Crippen LogP contribution in [-0.2, 0) is 17.4 Å². The first-order chi connectivity index (χ1) is 9.77. The lowest BCUT2D eigenvalue weighted by Crippen LogP contribution is -2.14. The normalized spacial score (nSPS) is 11.4. The van der Waals surface area contributed by atoms with Gasteiger partial charge in [-0.05, 0) is 23.8 Å². The Balaban J connectivity index is 2.54. The average Bonchev–Trinajstić information content (AvgIpc) is 2.37. The number of hydrogen-bond acceptors (Lipinski definition) is 2. The van der Waals surface area contributed by atoms with E-state index in [0.29, 0.717) is 0 Å². The molecule has 0 aliphatic rings. The minimum Gasteiger partial charge on any atom is -0.481 e. The van der Waals surface area contributed by atoms with E-state index in [9.17, 15) is 22.4 Å². The second-order valence-electron chi connectivity index (χ2n) is 4.30. The molecule has 0 amide bonds. The zero-order chi connectivity index (χ0) is 15.6. The van der Waals surface area contributed by atoms with E-state index in [4.69, 9.17) is 5.11 Å². The second kappa shape index (κ2) is 5.51. The maximum atomic E-state index is 13.1. The number of hydrogen-bond donors (Lipinski definition) is 1. The zero-order valence-electron chi connectivity index (χ0n) is 10.5. The van der Waals surface area contributed by atoms with Crippen molar-refractivity contribution in [2.75, 3.05) is 0 Å². The van der Waals surface area contributed by atoms with Crippen LogP contribution in [0.25, 0.3) is 11.1 Å². The highest BCUT2D eigenvalue weighted by Gasteiger charge is 2.35. The van der Waals surface area contributed by atoms with Gasteiger partial charge in [-0.3, -0.25) is 9.78 Å². The molecule has 110 valence electrons. The molecule has 1 N–H and O–H groups in total. The van der Waals surface area contributed by atoms with Crippen molar-refractivity contribution in [3.05, 3.63) is 53.6 Å². The van der Waals surface area contributed by atoms with Crippen molar-refractivity contribution in [3.63, 3.8) is 0 Å². The van der Waals surface area contributed by atoms with Gasteiger partial charge in [0.2, 0.25) is 0 Å². The van der Waals surface area contributed by atoms with E-state index < -0.39 is 35.6 Å². The fourth-order valence-corrected chi connectivity index (χ4v) is 1.85. The molecule has 0 spiro atoms. The number of nitrogens with zero attached hydrogens (tertiary/aromatic N) is 1. The first kappa shape index (κ1) is 15.0. The van der Waals surface area contributed by atoms with Gasteiger partial charge in [-0.2, -0.15) is 13.2 Å². The Labute approximate surface area is 116 Å². The third-order valence-corrected chi connectivity index (χ3v) is 2.75. The molecule has 0 fully saturated rings. The molecule has 0 aliphatic heterocycles. The number of benzene rings is 1.